The Morgan fingerprint density at radius 1 is 1.10 bits per heavy atom. The SMILES string of the molecule is NCC#Cc1cccc(NC(=O)NCc2ccccc2)c1. The molecular weight excluding hydrogens is 262 g/mol. The number of rotatable bonds is 3. The lowest BCUT2D eigenvalue weighted by Crippen LogP contribution is -2.28. The van der Waals surface area contributed by atoms with Crippen molar-refractivity contribution in [3.8, 4) is 11.8 Å². The minimum Gasteiger partial charge on any atom is -0.334 e. The van der Waals surface area contributed by atoms with Gasteiger partial charge in [-0.25, -0.2) is 4.79 Å². The summed E-state index contributed by atoms with van der Waals surface area (Å²) in [7, 11) is 0. The molecule has 0 radical (unpaired) electrons. The van der Waals surface area contributed by atoms with Crippen molar-refractivity contribution in [2.24, 2.45) is 5.73 Å². The van der Waals surface area contributed by atoms with E-state index in [1.165, 1.54) is 0 Å². The van der Waals surface area contributed by atoms with Gasteiger partial charge in [0.05, 0.1) is 6.54 Å². The Hall–Kier alpha value is -2.77. The zero-order valence-corrected chi connectivity index (χ0v) is 11.6. The number of amides is 2. The van der Waals surface area contributed by atoms with Gasteiger partial charge < -0.3 is 16.4 Å². The largest absolute Gasteiger partial charge is 0.334 e. The lowest BCUT2D eigenvalue weighted by molar-refractivity contribution is 0.251. The summed E-state index contributed by atoms with van der Waals surface area (Å²) in [5.41, 5.74) is 7.91. The van der Waals surface area contributed by atoms with Gasteiger partial charge in [-0.2, -0.15) is 0 Å². The number of anilines is 1. The molecule has 0 saturated heterocycles. The third-order valence-corrected chi connectivity index (χ3v) is 2.75. The van der Waals surface area contributed by atoms with E-state index in [4.69, 9.17) is 5.73 Å². The van der Waals surface area contributed by atoms with Gasteiger partial charge in [0.15, 0.2) is 0 Å². The molecule has 0 aliphatic carbocycles. The molecular formula is C17H17N3O. The van der Waals surface area contributed by atoms with Crippen molar-refractivity contribution in [2.75, 3.05) is 11.9 Å². The van der Waals surface area contributed by atoms with Crippen LogP contribution in [0.5, 0.6) is 0 Å². The highest BCUT2D eigenvalue weighted by Crippen LogP contribution is 2.09. The fourth-order valence-electron chi connectivity index (χ4n) is 1.78. The Kier molecular flexibility index (Phi) is 5.39. The number of urea groups is 1. The highest BCUT2D eigenvalue weighted by Gasteiger charge is 2.01. The van der Waals surface area contributed by atoms with Crippen molar-refractivity contribution in [2.45, 2.75) is 6.54 Å². The van der Waals surface area contributed by atoms with Crippen molar-refractivity contribution in [1.82, 2.24) is 5.32 Å². The molecule has 0 aromatic heterocycles. The Labute approximate surface area is 124 Å². The molecule has 4 N–H and O–H groups in total. The maximum Gasteiger partial charge on any atom is 0.319 e. The molecule has 0 atom stereocenters. The van der Waals surface area contributed by atoms with Crippen LogP contribution in [0.4, 0.5) is 10.5 Å². The van der Waals surface area contributed by atoms with E-state index in [0.717, 1.165) is 11.1 Å². The molecule has 106 valence electrons. The molecule has 0 unspecified atom stereocenters. The number of nitrogens with two attached hydrogens (primary N) is 1. The predicted octanol–water partition coefficient (Wildman–Crippen LogP) is 2.32. The maximum atomic E-state index is 11.8. The van der Waals surface area contributed by atoms with Crippen molar-refractivity contribution < 1.29 is 4.79 Å². The highest BCUT2D eigenvalue weighted by molar-refractivity contribution is 5.89. The first-order valence-electron chi connectivity index (χ1n) is 6.66. The van der Waals surface area contributed by atoms with Crippen LogP contribution in [-0.2, 0) is 6.54 Å². The monoisotopic (exact) mass is 279 g/mol. The van der Waals surface area contributed by atoms with Gasteiger partial charge in [-0.15, -0.1) is 0 Å². The maximum absolute atomic E-state index is 11.8. The number of hydrogen-bond acceptors (Lipinski definition) is 2. The van der Waals surface area contributed by atoms with Crippen LogP contribution in [0, 0.1) is 11.8 Å². The van der Waals surface area contributed by atoms with Gasteiger partial charge in [0.1, 0.15) is 0 Å². The number of carbonyl (C=O) groups excluding carboxylic acids is 1. The molecule has 2 amide bonds. The van der Waals surface area contributed by atoms with Crippen molar-refractivity contribution in [3.05, 3.63) is 65.7 Å². The van der Waals surface area contributed by atoms with Gasteiger partial charge in [0.25, 0.3) is 0 Å². The van der Waals surface area contributed by atoms with Gasteiger partial charge in [-0.05, 0) is 23.8 Å². The molecule has 0 spiro atoms. The first kappa shape index (κ1) is 14.6. The fourth-order valence-corrected chi connectivity index (χ4v) is 1.78. The van der Waals surface area contributed by atoms with Crippen molar-refractivity contribution >= 4 is 11.7 Å². The average molecular weight is 279 g/mol. The van der Waals surface area contributed by atoms with Gasteiger partial charge in [-0.1, -0.05) is 48.2 Å². The van der Waals surface area contributed by atoms with Crippen LogP contribution in [0.2, 0.25) is 0 Å². The lowest BCUT2D eigenvalue weighted by Gasteiger charge is -2.08. The standard InChI is InChI=1S/C17H17N3O/c18-11-5-9-14-8-4-10-16(12-14)20-17(21)19-13-15-6-2-1-3-7-15/h1-4,6-8,10,12H,11,13,18H2,(H2,19,20,21). The predicted molar refractivity (Wildman–Crippen MR) is 84.7 cm³/mol. The van der Waals surface area contributed by atoms with Crippen LogP contribution in [0.3, 0.4) is 0 Å². The number of hydrogen-bond donors (Lipinski definition) is 3. The molecule has 4 heteroatoms. The van der Waals surface area contributed by atoms with E-state index in [9.17, 15) is 4.79 Å². The number of carbonyl (C=O) groups is 1. The summed E-state index contributed by atoms with van der Waals surface area (Å²) >= 11 is 0. The van der Waals surface area contributed by atoms with Crippen LogP contribution in [-0.4, -0.2) is 12.6 Å². The molecule has 4 nitrogen and oxygen atoms in total. The molecule has 0 aliphatic heterocycles. The summed E-state index contributed by atoms with van der Waals surface area (Å²) in [5.74, 6) is 5.71. The normalized spacial score (nSPS) is 9.38. The lowest BCUT2D eigenvalue weighted by atomic mass is 10.2. The summed E-state index contributed by atoms with van der Waals surface area (Å²) in [5, 5.41) is 5.58. The molecule has 0 fully saturated rings. The summed E-state index contributed by atoms with van der Waals surface area (Å²) in [4.78, 5) is 11.8. The van der Waals surface area contributed by atoms with E-state index >= 15 is 0 Å². The number of benzene rings is 2. The molecule has 0 saturated carbocycles. The molecule has 0 bridgehead atoms. The minimum absolute atomic E-state index is 0.247. The van der Waals surface area contributed by atoms with Gasteiger partial charge >= 0.3 is 6.03 Å². The van der Waals surface area contributed by atoms with E-state index in [1.807, 2.05) is 54.6 Å². The van der Waals surface area contributed by atoms with Crippen LogP contribution in [0.15, 0.2) is 54.6 Å². The molecule has 21 heavy (non-hydrogen) atoms. The summed E-state index contributed by atoms with van der Waals surface area (Å²) in [6, 6.07) is 16.8. The Balaban J connectivity index is 1.90. The average Bonchev–Trinajstić information content (AvgIpc) is 2.52. The van der Waals surface area contributed by atoms with E-state index in [2.05, 4.69) is 22.5 Å². The second-order valence-electron chi connectivity index (χ2n) is 4.38. The van der Waals surface area contributed by atoms with E-state index < -0.39 is 0 Å². The molecule has 2 rings (SSSR count). The topological polar surface area (TPSA) is 67.1 Å². The van der Waals surface area contributed by atoms with Crippen molar-refractivity contribution in [1.29, 1.82) is 0 Å². The smallest absolute Gasteiger partial charge is 0.319 e. The second-order valence-corrected chi connectivity index (χ2v) is 4.38. The van der Waals surface area contributed by atoms with Gasteiger partial charge in [-0.3, -0.25) is 0 Å². The summed E-state index contributed by atoms with van der Waals surface area (Å²) in [6.07, 6.45) is 0. The van der Waals surface area contributed by atoms with Crippen molar-refractivity contribution in [3.63, 3.8) is 0 Å². The zero-order chi connectivity index (χ0) is 14.9. The van der Waals surface area contributed by atoms with Gasteiger partial charge in [0, 0.05) is 17.8 Å². The third kappa shape index (κ3) is 5.01. The van der Waals surface area contributed by atoms with Crippen LogP contribution < -0.4 is 16.4 Å². The second kappa shape index (κ2) is 7.73. The minimum atomic E-state index is -0.247. The summed E-state index contributed by atoms with van der Waals surface area (Å²) < 4.78 is 0. The molecule has 0 aliphatic rings. The van der Waals surface area contributed by atoms with Crippen LogP contribution >= 0.6 is 0 Å². The van der Waals surface area contributed by atoms with Crippen LogP contribution in [0.25, 0.3) is 0 Å². The highest BCUT2D eigenvalue weighted by atomic mass is 16.2. The van der Waals surface area contributed by atoms with Crippen LogP contribution in [0.1, 0.15) is 11.1 Å². The fraction of sp³-hybridized carbons (Fsp3) is 0.118. The first-order valence-corrected chi connectivity index (χ1v) is 6.66. The van der Waals surface area contributed by atoms with Gasteiger partial charge in [0.2, 0.25) is 0 Å². The first-order chi connectivity index (χ1) is 10.3. The molecule has 2 aromatic carbocycles. The quantitative estimate of drug-likeness (QED) is 0.755. The Bertz CT molecular complexity index is 656. The molecule has 0 heterocycles. The van der Waals surface area contributed by atoms with E-state index in [1.54, 1.807) is 0 Å². The van der Waals surface area contributed by atoms with E-state index in [0.29, 0.717) is 18.8 Å². The Morgan fingerprint density at radius 3 is 2.67 bits per heavy atom. The number of nitrogens with one attached hydrogen (secondary N) is 2. The zero-order valence-electron chi connectivity index (χ0n) is 11.6. The molecule has 2 aromatic rings. The Morgan fingerprint density at radius 2 is 1.90 bits per heavy atom. The summed E-state index contributed by atoms with van der Waals surface area (Å²) in [6.45, 7) is 0.800. The van der Waals surface area contributed by atoms with E-state index in [-0.39, 0.29) is 6.03 Å². The third-order valence-electron chi connectivity index (χ3n) is 2.75.